The lowest BCUT2D eigenvalue weighted by Gasteiger charge is -2.08. The number of urea groups is 1. The van der Waals surface area contributed by atoms with Crippen LogP contribution in [0.25, 0.3) is 11.0 Å². The van der Waals surface area contributed by atoms with Crippen molar-refractivity contribution < 1.29 is 4.79 Å². The molecule has 8 heteroatoms. The predicted molar refractivity (Wildman–Crippen MR) is 87.3 cm³/mol. The van der Waals surface area contributed by atoms with Crippen LogP contribution in [0.4, 0.5) is 16.3 Å². The average Bonchev–Trinajstić information content (AvgIpc) is 2.89. The van der Waals surface area contributed by atoms with Crippen molar-refractivity contribution in [3.8, 4) is 6.07 Å². The second-order valence-electron chi connectivity index (χ2n) is 4.79. The van der Waals surface area contributed by atoms with E-state index in [4.69, 9.17) is 16.9 Å². The zero-order valence-corrected chi connectivity index (χ0v) is 12.8. The zero-order chi connectivity index (χ0) is 16.4. The topological polar surface area (TPSA) is 95.6 Å². The Morgan fingerprint density at radius 3 is 2.96 bits per heavy atom. The molecule has 0 saturated carbocycles. The van der Waals surface area contributed by atoms with Gasteiger partial charge in [0.15, 0.2) is 5.82 Å². The molecular formula is C15H11ClN6O. The van der Waals surface area contributed by atoms with Crippen molar-refractivity contribution in [3.63, 3.8) is 0 Å². The van der Waals surface area contributed by atoms with Crippen molar-refractivity contribution in [3.05, 3.63) is 47.4 Å². The number of aromatic nitrogens is 3. The lowest BCUT2D eigenvalue weighted by atomic mass is 10.2. The zero-order valence-electron chi connectivity index (χ0n) is 12.0. The molecule has 114 valence electrons. The number of carbonyl (C=O) groups excluding carboxylic acids is 1. The van der Waals surface area contributed by atoms with Crippen LogP contribution in [0.1, 0.15) is 5.56 Å². The van der Waals surface area contributed by atoms with E-state index in [0.29, 0.717) is 16.8 Å². The fraction of sp³-hybridized carbons (Fsp3) is 0.0667. The van der Waals surface area contributed by atoms with Gasteiger partial charge in [0.25, 0.3) is 0 Å². The molecule has 7 nitrogen and oxygen atoms in total. The smallest absolute Gasteiger partial charge is 0.324 e. The van der Waals surface area contributed by atoms with E-state index in [1.165, 1.54) is 0 Å². The fourth-order valence-electron chi connectivity index (χ4n) is 2.12. The Kier molecular flexibility index (Phi) is 3.83. The van der Waals surface area contributed by atoms with Gasteiger partial charge < -0.3 is 9.88 Å². The van der Waals surface area contributed by atoms with Crippen molar-refractivity contribution in [1.29, 1.82) is 5.26 Å². The Morgan fingerprint density at radius 1 is 1.35 bits per heavy atom. The summed E-state index contributed by atoms with van der Waals surface area (Å²) in [6.45, 7) is 0. The molecule has 2 aromatic heterocycles. The molecule has 3 rings (SSSR count). The number of nitrogens with zero attached hydrogens (tertiary/aromatic N) is 4. The highest BCUT2D eigenvalue weighted by Crippen LogP contribution is 2.23. The first-order valence-electron chi connectivity index (χ1n) is 6.62. The van der Waals surface area contributed by atoms with E-state index in [1.54, 1.807) is 41.2 Å². The lowest BCUT2D eigenvalue weighted by Crippen LogP contribution is -2.20. The van der Waals surface area contributed by atoms with Gasteiger partial charge in [0.05, 0.1) is 23.5 Å². The number of rotatable bonds is 2. The van der Waals surface area contributed by atoms with Crippen LogP contribution in [0.3, 0.4) is 0 Å². The number of imidazole rings is 1. The van der Waals surface area contributed by atoms with E-state index < -0.39 is 6.03 Å². The maximum absolute atomic E-state index is 12.1. The number of hydrogen-bond donors (Lipinski definition) is 2. The molecule has 0 atom stereocenters. The summed E-state index contributed by atoms with van der Waals surface area (Å²) in [5.41, 5.74) is 2.25. The third kappa shape index (κ3) is 3.07. The molecule has 0 unspecified atom stereocenters. The number of nitrogens with one attached hydrogen (secondary N) is 2. The molecule has 2 N–H and O–H groups in total. The van der Waals surface area contributed by atoms with Crippen molar-refractivity contribution in [2.24, 2.45) is 7.05 Å². The lowest BCUT2D eigenvalue weighted by molar-refractivity contribution is 0.262. The summed E-state index contributed by atoms with van der Waals surface area (Å²) in [5, 5.41) is 14.4. The number of benzene rings is 1. The van der Waals surface area contributed by atoms with Gasteiger partial charge in [0, 0.05) is 18.8 Å². The molecule has 0 aliphatic heterocycles. The summed E-state index contributed by atoms with van der Waals surface area (Å²) in [7, 11) is 1.82. The van der Waals surface area contributed by atoms with Gasteiger partial charge in [0.1, 0.15) is 10.7 Å². The number of amides is 2. The van der Waals surface area contributed by atoms with E-state index in [9.17, 15) is 4.79 Å². The number of aryl methyl sites for hydroxylation is 1. The highest BCUT2D eigenvalue weighted by molar-refractivity contribution is 6.30. The highest BCUT2D eigenvalue weighted by atomic mass is 35.5. The molecular weight excluding hydrogens is 316 g/mol. The molecule has 3 aromatic rings. The van der Waals surface area contributed by atoms with Crippen LogP contribution in [0.15, 0.2) is 36.7 Å². The van der Waals surface area contributed by atoms with Crippen molar-refractivity contribution in [1.82, 2.24) is 14.5 Å². The standard InChI is InChI=1S/C15H11ClN6O/c1-22-8-18-13-11(22)6-12(16)20-14(13)21-15(23)19-10-4-2-3-9(5-10)7-17/h2-6,8H,1H3,(H2,19,20,21,23). The van der Waals surface area contributed by atoms with Gasteiger partial charge in [-0.15, -0.1) is 0 Å². The summed E-state index contributed by atoms with van der Waals surface area (Å²) in [4.78, 5) is 20.4. The van der Waals surface area contributed by atoms with E-state index in [1.807, 2.05) is 13.1 Å². The number of carbonyl (C=O) groups is 1. The molecule has 0 spiro atoms. The molecule has 0 fully saturated rings. The van der Waals surface area contributed by atoms with Crippen molar-refractivity contribution in [2.45, 2.75) is 0 Å². The molecule has 0 saturated heterocycles. The number of pyridine rings is 1. The van der Waals surface area contributed by atoms with Gasteiger partial charge >= 0.3 is 6.03 Å². The van der Waals surface area contributed by atoms with Gasteiger partial charge in [-0.2, -0.15) is 5.26 Å². The summed E-state index contributed by atoms with van der Waals surface area (Å²) in [6.07, 6.45) is 1.61. The Hall–Kier alpha value is -3.11. The molecule has 0 bridgehead atoms. The van der Waals surface area contributed by atoms with E-state index in [-0.39, 0.29) is 11.0 Å². The molecule has 2 heterocycles. The summed E-state index contributed by atoms with van der Waals surface area (Å²) in [6, 6.07) is 9.77. The third-order valence-electron chi connectivity index (χ3n) is 3.16. The normalized spacial score (nSPS) is 10.3. The Labute approximate surface area is 136 Å². The average molecular weight is 327 g/mol. The van der Waals surface area contributed by atoms with Crippen LogP contribution in [-0.2, 0) is 7.05 Å². The number of fused-ring (bicyclic) bond motifs is 1. The van der Waals surface area contributed by atoms with Gasteiger partial charge in [-0.3, -0.25) is 5.32 Å². The van der Waals surface area contributed by atoms with Crippen molar-refractivity contribution in [2.75, 3.05) is 10.6 Å². The van der Waals surface area contributed by atoms with Crippen LogP contribution in [-0.4, -0.2) is 20.6 Å². The predicted octanol–water partition coefficient (Wildman–Crippen LogP) is 3.14. The van der Waals surface area contributed by atoms with Gasteiger partial charge in [-0.1, -0.05) is 17.7 Å². The second-order valence-corrected chi connectivity index (χ2v) is 5.18. The maximum atomic E-state index is 12.1. The molecule has 1 aromatic carbocycles. The maximum Gasteiger partial charge on any atom is 0.324 e. The van der Waals surface area contributed by atoms with Gasteiger partial charge in [-0.05, 0) is 18.2 Å². The highest BCUT2D eigenvalue weighted by Gasteiger charge is 2.12. The van der Waals surface area contributed by atoms with Crippen molar-refractivity contribution >= 4 is 40.2 Å². The first kappa shape index (κ1) is 14.8. The Morgan fingerprint density at radius 2 is 2.17 bits per heavy atom. The van der Waals surface area contributed by atoms with Crippen LogP contribution < -0.4 is 10.6 Å². The van der Waals surface area contributed by atoms with Crippen LogP contribution in [0.5, 0.6) is 0 Å². The fourth-order valence-corrected chi connectivity index (χ4v) is 2.31. The molecule has 0 aliphatic rings. The van der Waals surface area contributed by atoms with E-state index in [2.05, 4.69) is 20.6 Å². The quantitative estimate of drug-likeness (QED) is 0.707. The minimum Gasteiger partial charge on any atom is -0.334 e. The van der Waals surface area contributed by atoms with Gasteiger partial charge in [0.2, 0.25) is 0 Å². The summed E-state index contributed by atoms with van der Waals surface area (Å²) in [5.74, 6) is 0.266. The molecule has 0 radical (unpaired) electrons. The summed E-state index contributed by atoms with van der Waals surface area (Å²) >= 11 is 5.98. The number of halogens is 1. The minimum atomic E-state index is -0.498. The van der Waals surface area contributed by atoms with Crippen LogP contribution in [0.2, 0.25) is 5.15 Å². The molecule has 0 aliphatic carbocycles. The second kappa shape index (κ2) is 5.94. The van der Waals surface area contributed by atoms with Crippen LogP contribution in [0, 0.1) is 11.3 Å². The monoisotopic (exact) mass is 326 g/mol. The first-order chi connectivity index (χ1) is 11.1. The minimum absolute atomic E-state index is 0.253. The Balaban J connectivity index is 1.84. The number of anilines is 2. The molecule has 2 amide bonds. The van der Waals surface area contributed by atoms with Crippen LogP contribution >= 0.6 is 11.6 Å². The summed E-state index contributed by atoms with van der Waals surface area (Å²) < 4.78 is 1.78. The van der Waals surface area contributed by atoms with E-state index >= 15 is 0 Å². The number of hydrogen-bond acceptors (Lipinski definition) is 4. The first-order valence-corrected chi connectivity index (χ1v) is 7.00. The third-order valence-corrected chi connectivity index (χ3v) is 3.36. The van der Waals surface area contributed by atoms with Gasteiger partial charge in [-0.25, -0.2) is 14.8 Å². The van der Waals surface area contributed by atoms with E-state index in [0.717, 1.165) is 5.52 Å². The number of nitriles is 1. The SMILES string of the molecule is Cn1cnc2c(NC(=O)Nc3cccc(C#N)c3)nc(Cl)cc21. The molecule has 23 heavy (non-hydrogen) atoms. The Bertz CT molecular complexity index is 943. The largest absolute Gasteiger partial charge is 0.334 e.